The van der Waals surface area contributed by atoms with Gasteiger partial charge in [-0.15, -0.1) is 0 Å². The van der Waals surface area contributed by atoms with E-state index in [1.54, 1.807) is 18.3 Å². The van der Waals surface area contributed by atoms with Gasteiger partial charge in [0.1, 0.15) is 29.4 Å². The lowest BCUT2D eigenvalue weighted by atomic mass is 10.0. The molecule has 24 heavy (non-hydrogen) atoms. The second kappa shape index (κ2) is 6.12. The molecular weight excluding hydrogens is 334 g/mol. The van der Waals surface area contributed by atoms with Crippen molar-refractivity contribution in [3.8, 4) is 0 Å². The van der Waals surface area contributed by atoms with Crippen molar-refractivity contribution in [2.24, 2.45) is 0 Å². The summed E-state index contributed by atoms with van der Waals surface area (Å²) in [4.78, 5) is 4.15. The summed E-state index contributed by atoms with van der Waals surface area (Å²) in [5.74, 6) is -0.480. The number of fused-ring (bicyclic) bond motifs is 3. The van der Waals surface area contributed by atoms with Gasteiger partial charge in [-0.2, -0.15) is 0 Å². The Kier molecular flexibility index (Phi) is 4.22. The second-order valence-electron chi connectivity index (χ2n) is 6.59. The number of hydrogen-bond donors (Lipinski definition) is 0. The highest BCUT2D eigenvalue weighted by Gasteiger charge is 2.59. The summed E-state index contributed by atoms with van der Waals surface area (Å²) in [5.41, 5.74) is 0. The molecular formula is C16H21NO6S. The van der Waals surface area contributed by atoms with Gasteiger partial charge in [-0.3, -0.25) is 4.21 Å². The van der Waals surface area contributed by atoms with E-state index >= 15 is 0 Å². The van der Waals surface area contributed by atoms with E-state index in [0.29, 0.717) is 5.03 Å². The highest BCUT2D eigenvalue weighted by molar-refractivity contribution is 7.85. The Morgan fingerprint density at radius 3 is 2.67 bits per heavy atom. The van der Waals surface area contributed by atoms with Crippen LogP contribution in [0.1, 0.15) is 20.8 Å². The Morgan fingerprint density at radius 2 is 1.92 bits per heavy atom. The molecule has 0 N–H and O–H groups in total. The van der Waals surface area contributed by atoms with Crippen LogP contribution in [0.2, 0.25) is 0 Å². The molecule has 0 amide bonds. The summed E-state index contributed by atoms with van der Waals surface area (Å²) < 4.78 is 42.1. The number of ether oxygens (including phenoxy) is 5. The van der Waals surface area contributed by atoms with E-state index in [9.17, 15) is 4.21 Å². The zero-order valence-electron chi connectivity index (χ0n) is 13.8. The zero-order chi connectivity index (χ0) is 16.9. The van der Waals surface area contributed by atoms with Crippen LogP contribution in [0.25, 0.3) is 0 Å². The fraction of sp³-hybridized carbons (Fsp3) is 0.688. The van der Waals surface area contributed by atoms with Crippen molar-refractivity contribution < 1.29 is 27.9 Å². The lowest BCUT2D eigenvalue weighted by Crippen LogP contribution is -2.56. The maximum atomic E-state index is 12.6. The van der Waals surface area contributed by atoms with Crippen molar-refractivity contribution in [2.75, 3.05) is 5.75 Å². The topological polar surface area (TPSA) is 76.1 Å². The first kappa shape index (κ1) is 16.6. The first-order valence-electron chi connectivity index (χ1n) is 8.04. The molecule has 0 bridgehead atoms. The predicted molar refractivity (Wildman–Crippen MR) is 83.4 cm³/mol. The van der Waals surface area contributed by atoms with E-state index in [0.717, 1.165) is 0 Å². The second-order valence-corrected chi connectivity index (χ2v) is 8.03. The van der Waals surface area contributed by atoms with Crippen LogP contribution in [-0.2, 0) is 34.5 Å². The largest absolute Gasteiger partial charge is 0.343 e. The minimum atomic E-state index is -1.30. The maximum Gasteiger partial charge on any atom is 0.190 e. The number of pyridine rings is 1. The van der Waals surface area contributed by atoms with Crippen LogP contribution in [0.3, 0.4) is 0 Å². The molecule has 1 aromatic rings. The SMILES string of the molecule is C[C@H]1O[C@H]2O[C@H](CS(=O)c3ccccn3)[C@@H]3OC(C)(C)O[C@@H]3[C@H]2O1. The van der Waals surface area contributed by atoms with Crippen LogP contribution >= 0.6 is 0 Å². The number of aromatic nitrogens is 1. The van der Waals surface area contributed by atoms with Crippen molar-refractivity contribution in [3.05, 3.63) is 24.4 Å². The summed E-state index contributed by atoms with van der Waals surface area (Å²) in [7, 11) is -1.30. The summed E-state index contributed by atoms with van der Waals surface area (Å²) >= 11 is 0. The number of nitrogens with zero attached hydrogens (tertiary/aromatic N) is 1. The average Bonchev–Trinajstić information content (AvgIpc) is 3.06. The third kappa shape index (κ3) is 3.02. The minimum Gasteiger partial charge on any atom is -0.343 e. The molecule has 1 aromatic heterocycles. The molecule has 3 fully saturated rings. The molecule has 3 saturated heterocycles. The number of rotatable bonds is 3. The van der Waals surface area contributed by atoms with Crippen molar-refractivity contribution in [1.82, 2.24) is 4.98 Å². The van der Waals surface area contributed by atoms with E-state index in [4.69, 9.17) is 23.7 Å². The van der Waals surface area contributed by atoms with Crippen LogP contribution < -0.4 is 0 Å². The molecule has 1 unspecified atom stereocenters. The van der Waals surface area contributed by atoms with E-state index in [1.807, 2.05) is 26.8 Å². The van der Waals surface area contributed by atoms with E-state index in [2.05, 4.69) is 4.98 Å². The van der Waals surface area contributed by atoms with Crippen molar-refractivity contribution in [3.63, 3.8) is 0 Å². The molecule has 3 aliphatic heterocycles. The maximum absolute atomic E-state index is 12.6. The summed E-state index contributed by atoms with van der Waals surface area (Å²) in [6, 6.07) is 5.35. The van der Waals surface area contributed by atoms with Crippen LogP contribution in [-0.4, -0.2) is 57.7 Å². The molecule has 7 nitrogen and oxygen atoms in total. The van der Waals surface area contributed by atoms with Crippen molar-refractivity contribution in [2.45, 2.75) is 68.6 Å². The Hall–Kier alpha value is -0.900. The van der Waals surface area contributed by atoms with E-state index < -0.39 is 29.0 Å². The van der Waals surface area contributed by atoms with Gasteiger partial charge in [0.15, 0.2) is 18.4 Å². The molecule has 0 saturated carbocycles. The van der Waals surface area contributed by atoms with E-state index in [-0.39, 0.29) is 30.4 Å². The Labute approximate surface area is 143 Å². The fourth-order valence-electron chi connectivity index (χ4n) is 3.38. The lowest BCUT2D eigenvalue weighted by Gasteiger charge is -2.37. The predicted octanol–water partition coefficient (Wildman–Crippen LogP) is 1.20. The first-order valence-corrected chi connectivity index (χ1v) is 9.36. The van der Waals surface area contributed by atoms with Crippen molar-refractivity contribution in [1.29, 1.82) is 0 Å². The fourth-order valence-corrected chi connectivity index (χ4v) is 4.53. The highest BCUT2D eigenvalue weighted by atomic mass is 32.2. The molecule has 0 aliphatic carbocycles. The van der Waals surface area contributed by atoms with Gasteiger partial charge < -0.3 is 23.7 Å². The first-order chi connectivity index (χ1) is 11.4. The molecule has 4 rings (SSSR count). The molecule has 4 heterocycles. The molecule has 0 radical (unpaired) electrons. The molecule has 7 atom stereocenters. The lowest BCUT2D eigenvalue weighted by molar-refractivity contribution is -0.216. The quantitative estimate of drug-likeness (QED) is 0.806. The molecule has 3 aliphatic rings. The Balaban J connectivity index is 1.55. The Bertz CT molecular complexity index is 626. The van der Waals surface area contributed by atoms with Gasteiger partial charge in [-0.05, 0) is 32.9 Å². The number of hydrogen-bond acceptors (Lipinski definition) is 7. The summed E-state index contributed by atoms with van der Waals surface area (Å²) in [5, 5.41) is 0.523. The van der Waals surface area contributed by atoms with Crippen LogP contribution in [0.4, 0.5) is 0 Å². The highest BCUT2D eigenvalue weighted by Crippen LogP contribution is 2.42. The summed E-state index contributed by atoms with van der Waals surface area (Å²) in [6.45, 7) is 5.53. The van der Waals surface area contributed by atoms with Crippen LogP contribution in [0, 0.1) is 0 Å². The van der Waals surface area contributed by atoms with E-state index in [1.165, 1.54) is 0 Å². The van der Waals surface area contributed by atoms with Gasteiger partial charge in [-0.25, -0.2) is 4.98 Å². The third-order valence-electron chi connectivity index (χ3n) is 4.29. The smallest absolute Gasteiger partial charge is 0.190 e. The van der Waals surface area contributed by atoms with Crippen LogP contribution in [0.15, 0.2) is 29.4 Å². The van der Waals surface area contributed by atoms with Gasteiger partial charge in [0.25, 0.3) is 0 Å². The van der Waals surface area contributed by atoms with Gasteiger partial charge >= 0.3 is 0 Å². The Morgan fingerprint density at radius 1 is 1.12 bits per heavy atom. The minimum absolute atomic E-state index is 0.262. The monoisotopic (exact) mass is 355 g/mol. The van der Waals surface area contributed by atoms with Gasteiger partial charge in [0.05, 0.1) is 16.6 Å². The van der Waals surface area contributed by atoms with Gasteiger partial charge in [0.2, 0.25) is 0 Å². The zero-order valence-corrected chi connectivity index (χ0v) is 14.6. The van der Waals surface area contributed by atoms with Gasteiger partial charge in [-0.1, -0.05) is 6.07 Å². The average molecular weight is 355 g/mol. The van der Waals surface area contributed by atoms with Crippen LogP contribution in [0.5, 0.6) is 0 Å². The normalized spacial score (nSPS) is 41.6. The van der Waals surface area contributed by atoms with Crippen molar-refractivity contribution >= 4 is 10.8 Å². The van der Waals surface area contributed by atoms with Gasteiger partial charge in [0, 0.05) is 6.20 Å². The molecule has 0 aromatic carbocycles. The molecule has 0 spiro atoms. The third-order valence-corrected chi connectivity index (χ3v) is 5.63. The standard InChI is InChI=1S/C16H21NO6S/c1-9-19-14-13-12(22-16(2,3)23-13)10(21-15(14)20-9)8-24(18)11-6-4-5-7-17-11/h4-7,9-10,12-15H,8H2,1-3H3/t9-,10-,12+,13+,14-,15+,24?/m1/s1. The molecule has 8 heteroatoms. The summed E-state index contributed by atoms with van der Waals surface area (Å²) in [6.07, 6.45) is -0.711. The molecule has 132 valence electrons.